The van der Waals surface area contributed by atoms with Gasteiger partial charge < -0.3 is 15.5 Å². The Kier molecular flexibility index (Phi) is 8.32. The summed E-state index contributed by atoms with van der Waals surface area (Å²) in [5.74, 6) is 0.0500. The van der Waals surface area contributed by atoms with Gasteiger partial charge in [-0.05, 0) is 18.1 Å². The lowest BCUT2D eigenvalue weighted by Gasteiger charge is -2.14. The molecule has 2 aromatic rings. The van der Waals surface area contributed by atoms with Crippen LogP contribution in [0.5, 0.6) is 0 Å². The van der Waals surface area contributed by atoms with Crippen LogP contribution in [-0.2, 0) is 11.2 Å². The molecular formula is C14H22Cl2N4O. The minimum atomic E-state index is -0.443. The van der Waals surface area contributed by atoms with E-state index in [4.69, 9.17) is 5.73 Å². The molecule has 0 fully saturated rings. The number of fused-ring (bicyclic) bond motifs is 1. The van der Waals surface area contributed by atoms with Crippen molar-refractivity contribution in [3.63, 3.8) is 0 Å². The second-order valence-corrected chi connectivity index (χ2v) is 5.01. The quantitative estimate of drug-likeness (QED) is 0.877. The van der Waals surface area contributed by atoms with Crippen molar-refractivity contribution in [2.45, 2.75) is 26.3 Å². The van der Waals surface area contributed by atoms with Crippen LogP contribution in [0.15, 0.2) is 30.6 Å². The van der Waals surface area contributed by atoms with Gasteiger partial charge >= 0.3 is 0 Å². The number of hydrogen-bond acceptors (Lipinski definition) is 3. The molecule has 21 heavy (non-hydrogen) atoms. The number of nitrogens with one attached hydrogen (secondary N) is 1. The van der Waals surface area contributed by atoms with Crippen LogP contribution in [0, 0.1) is 5.92 Å². The average molecular weight is 333 g/mol. The number of nitrogens with zero attached hydrogens (tertiary/aromatic N) is 2. The first kappa shape index (κ1) is 19.7. The maximum absolute atomic E-state index is 11.7. The molecule has 2 heterocycles. The maximum atomic E-state index is 11.7. The van der Waals surface area contributed by atoms with E-state index in [1.807, 2.05) is 48.8 Å². The van der Waals surface area contributed by atoms with Crippen molar-refractivity contribution in [3.8, 4) is 0 Å². The molecule has 0 radical (unpaired) electrons. The highest BCUT2D eigenvalue weighted by atomic mass is 35.5. The lowest BCUT2D eigenvalue weighted by molar-refractivity contribution is -0.123. The molecule has 2 aromatic heterocycles. The van der Waals surface area contributed by atoms with Gasteiger partial charge in [0.1, 0.15) is 5.65 Å². The van der Waals surface area contributed by atoms with Crippen molar-refractivity contribution in [2.75, 3.05) is 6.54 Å². The fourth-order valence-electron chi connectivity index (χ4n) is 1.84. The van der Waals surface area contributed by atoms with Crippen molar-refractivity contribution in [1.82, 2.24) is 14.7 Å². The minimum absolute atomic E-state index is 0. The normalized spacial score (nSPS) is 11.6. The van der Waals surface area contributed by atoms with E-state index < -0.39 is 6.04 Å². The van der Waals surface area contributed by atoms with E-state index in [-0.39, 0.29) is 36.6 Å². The van der Waals surface area contributed by atoms with Crippen LogP contribution in [0.25, 0.3) is 5.65 Å². The Balaban J connectivity index is 0.00000200. The Morgan fingerprint density at radius 3 is 2.71 bits per heavy atom. The Labute approximate surface area is 137 Å². The summed E-state index contributed by atoms with van der Waals surface area (Å²) in [7, 11) is 0. The summed E-state index contributed by atoms with van der Waals surface area (Å²) in [6, 6.07) is 5.43. The molecule has 118 valence electrons. The summed E-state index contributed by atoms with van der Waals surface area (Å²) in [5.41, 5.74) is 7.65. The first-order chi connectivity index (χ1) is 9.08. The lowest BCUT2D eigenvalue weighted by Crippen LogP contribution is -2.44. The standard InChI is InChI=1S/C14H20N4O.2ClH/c1-10(2)13(15)14(19)16-7-6-11-9-18-8-4-3-5-12(18)17-11;;/h3-5,8-10,13H,6-7,15H2,1-2H3,(H,16,19);2*1H. The largest absolute Gasteiger partial charge is 0.354 e. The number of imidazole rings is 1. The van der Waals surface area contributed by atoms with Crippen molar-refractivity contribution in [1.29, 1.82) is 0 Å². The first-order valence-corrected chi connectivity index (χ1v) is 6.54. The highest BCUT2D eigenvalue weighted by molar-refractivity contribution is 5.85. The zero-order valence-corrected chi connectivity index (χ0v) is 13.8. The van der Waals surface area contributed by atoms with Crippen LogP contribution >= 0.6 is 24.8 Å². The molecule has 3 N–H and O–H groups in total. The summed E-state index contributed by atoms with van der Waals surface area (Å²) in [4.78, 5) is 16.2. The fraction of sp³-hybridized carbons (Fsp3) is 0.429. The van der Waals surface area contributed by atoms with E-state index in [1.54, 1.807) is 0 Å². The van der Waals surface area contributed by atoms with Crippen LogP contribution in [0.1, 0.15) is 19.5 Å². The first-order valence-electron chi connectivity index (χ1n) is 6.54. The molecule has 1 atom stereocenters. The van der Waals surface area contributed by atoms with Gasteiger partial charge in [-0.15, -0.1) is 24.8 Å². The predicted octanol–water partition coefficient (Wildman–Crippen LogP) is 1.82. The highest BCUT2D eigenvalue weighted by Crippen LogP contribution is 2.04. The van der Waals surface area contributed by atoms with Crippen LogP contribution < -0.4 is 11.1 Å². The van der Waals surface area contributed by atoms with Gasteiger partial charge in [-0.1, -0.05) is 19.9 Å². The van der Waals surface area contributed by atoms with Crippen LogP contribution in [0.2, 0.25) is 0 Å². The molecule has 0 aliphatic heterocycles. The summed E-state index contributed by atoms with van der Waals surface area (Å²) in [6.45, 7) is 4.43. The van der Waals surface area contributed by atoms with Gasteiger partial charge in [0.15, 0.2) is 0 Å². The second kappa shape index (κ2) is 8.87. The summed E-state index contributed by atoms with van der Waals surface area (Å²) < 4.78 is 1.97. The van der Waals surface area contributed by atoms with E-state index in [1.165, 1.54) is 0 Å². The van der Waals surface area contributed by atoms with Crippen LogP contribution in [-0.4, -0.2) is 27.9 Å². The maximum Gasteiger partial charge on any atom is 0.237 e. The number of pyridine rings is 1. The van der Waals surface area contributed by atoms with Gasteiger partial charge in [0.25, 0.3) is 0 Å². The van der Waals surface area contributed by atoms with Gasteiger partial charge in [0.05, 0.1) is 11.7 Å². The van der Waals surface area contributed by atoms with Gasteiger partial charge in [0.2, 0.25) is 5.91 Å². The number of aromatic nitrogens is 2. The van der Waals surface area contributed by atoms with E-state index in [0.29, 0.717) is 13.0 Å². The molecular weight excluding hydrogens is 311 g/mol. The number of halogens is 2. The molecule has 0 aliphatic rings. The number of amides is 1. The lowest BCUT2D eigenvalue weighted by atomic mass is 10.1. The fourth-order valence-corrected chi connectivity index (χ4v) is 1.84. The second-order valence-electron chi connectivity index (χ2n) is 5.01. The summed E-state index contributed by atoms with van der Waals surface area (Å²) in [5, 5.41) is 2.84. The minimum Gasteiger partial charge on any atom is -0.354 e. The molecule has 5 nitrogen and oxygen atoms in total. The molecule has 0 bridgehead atoms. The molecule has 0 aromatic carbocycles. The van der Waals surface area contributed by atoms with E-state index >= 15 is 0 Å². The molecule has 0 spiro atoms. The van der Waals surface area contributed by atoms with Gasteiger partial charge in [0, 0.05) is 25.4 Å². The smallest absolute Gasteiger partial charge is 0.237 e. The van der Waals surface area contributed by atoms with Gasteiger partial charge in [-0.25, -0.2) is 4.98 Å². The van der Waals surface area contributed by atoms with Crippen molar-refractivity contribution in [3.05, 3.63) is 36.3 Å². The third-order valence-electron chi connectivity index (χ3n) is 3.12. The highest BCUT2D eigenvalue weighted by Gasteiger charge is 2.16. The van der Waals surface area contributed by atoms with E-state index in [0.717, 1.165) is 11.3 Å². The zero-order chi connectivity index (χ0) is 13.8. The third-order valence-corrected chi connectivity index (χ3v) is 3.12. The van der Waals surface area contributed by atoms with E-state index in [9.17, 15) is 4.79 Å². The van der Waals surface area contributed by atoms with Crippen molar-refractivity contribution >= 4 is 36.4 Å². The SMILES string of the molecule is CC(C)C(N)C(=O)NCCc1cn2ccccc2n1.Cl.Cl. The summed E-state index contributed by atoms with van der Waals surface area (Å²) in [6.07, 6.45) is 4.64. The molecule has 1 unspecified atom stereocenters. The van der Waals surface area contributed by atoms with E-state index in [2.05, 4.69) is 10.3 Å². The number of hydrogen-bond donors (Lipinski definition) is 2. The third kappa shape index (κ3) is 5.19. The number of rotatable bonds is 5. The van der Waals surface area contributed by atoms with Crippen LogP contribution in [0.3, 0.4) is 0 Å². The molecule has 0 saturated carbocycles. The molecule has 0 aliphatic carbocycles. The molecule has 7 heteroatoms. The monoisotopic (exact) mass is 332 g/mol. The molecule has 1 amide bonds. The molecule has 0 saturated heterocycles. The number of carbonyl (C=O) groups is 1. The topological polar surface area (TPSA) is 72.4 Å². The van der Waals surface area contributed by atoms with Gasteiger partial charge in [-0.3, -0.25) is 4.79 Å². The Morgan fingerprint density at radius 1 is 1.38 bits per heavy atom. The van der Waals surface area contributed by atoms with Crippen molar-refractivity contribution in [2.24, 2.45) is 11.7 Å². The Morgan fingerprint density at radius 2 is 2.10 bits per heavy atom. The Bertz CT molecular complexity index is 538. The average Bonchev–Trinajstić information content (AvgIpc) is 2.80. The van der Waals surface area contributed by atoms with Crippen LogP contribution in [0.4, 0.5) is 0 Å². The van der Waals surface area contributed by atoms with Crippen molar-refractivity contribution < 1.29 is 4.79 Å². The summed E-state index contributed by atoms with van der Waals surface area (Å²) >= 11 is 0. The predicted molar refractivity (Wildman–Crippen MR) is 89.2 cm³/mol. The Hall–Kier alpha value is -1.30. The number of carbonyl (C=O) groups excluding carboxylic acids is 1. The zero-order valence-electron chi connectivity index (χ0n) is 12.2. The molecule has 2 rings (SSSR count). The number of nitrogens with two attached hydrogens (primary N) is 1. The van der Waals surface area contributed by atoms with Gasteiger partial charge in [-0.2, -0.15) is 0 Å².